The Kier molecular flexibility index (Phi) is 6.09. The number of ether oxygens (including phenoxy) is 1. The molecule has 3 heterocycles. The fourth-order valence-corrected chi connectivity index (χ4v) is 2.95. The number of amides is 1. The molecule has 1 N–H and O–H groups in total. The number of nitrogens with zero attached hydrogens (tertiary/aromatic N) is 3. The second kappa shape index (κ2) is 8.69. The molecule has 2 aromatic heterocycles. The molecule has 1 amide bonds. The minimum atomic E-state index is -0.182. The molecule has 0 aromatic carbocycles. The third kappa shape index (κ3) is 5.08. The second-order valence-electron chi connectivity index (χ2n) is 6.25. The van der Waals surface area contributed by atoms with Crippen LogP contribution >= 0.6 is 0 Å². The molecule has 0 saturated carbocycles. The van der Waals surface area contributed by atoms with Crippen LogP contribution < -0.4 is 5.32 Å². The number of hydrogen-bond acceptors (Lipinski definition) is 5. The number of aromatic nitrogens is 2. The molecule has 3 rings (SSSR count). The zero-order valence-electron chi connectivity index (χ0n) is 14.5. The predicted molar refractivity (Wildman–Crippen MR) is 95.9 cm³/mol. The highest BCUT2D eigenvalue weighted by molar-refractivity contribution is 5.93. The van der Waals surface area contributed by atoms with Gasteiger partial charge < -0.3 is 10.1 Å². The Hall–Kier alpha value is -2.31. The van der Waals surface area contributed by atoms with Crippen LogP contribution in [0.25, 0.3) is 0 Å². The van der Waals surface area contributed by atoms with E-state index in [-0.39, 0.29) is 18.1 Å². The van der Waals surface area contributed by atoms with Crippen molar-refractivity contribution in [2.75, 3.05) is 18.4 Å². The molecule has 0 spiro atoms. The molecule has 6 nitrogen and oxygen atoms in total. The molecule has 132 valence electrons. The first-order valence-electron chi connectivity index (χ1n) is 8.70. The summed E-state index contributed by atoms with van der Waals surface area (Å²) in [5.74, 6) is 0.569. The third-order valence-corrected chi connectivity index (χ3v) is 4.51. The molecule has 1 atom stereocenters. The first-order valence-corrected chi connectivity index (χ1v) is 8.70. The van der Waals surface area contributed by atoms with Crippen molar-refractivity contribution in [3.05, 3.63) is 54.5 Å². The lowest BCUT2D eigenvalue weighted by Crippen LogP contribution is -2.47. The minimum Gasteiger partial charge on any atom is -0.372 e. The molecule has 0 radical (unpaired) electrons. The number of likely N-dealkylation sites (tertiary alicyclic amines) is 1. The van der Waals surface area contributed by atoms with Gasteiger partial charge in [-0.25, -0.2) is 4.98 Å². The van der Waals surface area contributed by atoms with Gasteiger partial charge in [-0.2, -0.15) is 0 Å². The average molecular weight is 340 g/mol. The van der Waals surface area contributed by atoms with Crippen LogP contribution in [-0.4, -0.2) is 46.0 Å². The summed E-state index contributed by atoms with van der Waals surface area (Å²) in [5.41, 5.74) is 0.952. The van der Waals surface area contributed by atoms with Gasteiger partial charge in [0.05, 0.1) is 24.4 Å². The van der Waals surface area contributed by atoms with Crippen molar-refractivity contribution in [2.45, 2.75) is 38.5 Å². The van der Waals surface area contributed by atoms with Crippen LogP contribution in [-0.2, 0) is 16.1 Å². The van der Waals surface area contributed by atoms with Gasteiger partial charge in [0.15, 0.2) is 0 Å². The molecule has 1 saturated heterocycles. The zero-order valence-corrected chi connectivity index (χ0v) is 14.5. The van der Waals surface area contributed by atoms with E-state index in [9.17, 15) is 4.79 Å². The fourth-order valence-electron chi connectivity index (χ4n) is 2.95. The normalized spacial score (nSPS) is 17.2. The Bertz CT molecular complexity index is 658. The molecule has 1 unspecified atom stereocenters. The fraction of sp³-hybridized carbons (Fsp3) is 0.421. The molecular weight excluding hydrogens is 316 g/mol. The van der Waals surface area contributed by atoms with Crippen molar-refractivity contribution < 1.29 is 9.53 Å². The van der Waals surface area contributed by atoms with E-state index in [4.69, 9.17) is 4.74 Å². The van der Waals surface area contributed by atoms with Gasteiger partial charge >= 0.3 is 0 Å². The quantitative estimate of drug-likeness (QED) is 0.875. The maximum atomic E-state index is 12.4. The maximum Gasteiger partial charge on any atom is 0.242 e. The summed E-state index contributed by atoms with van der Waals surface area (Å²) in [4.78, 5) is 23.0. The predicted octanol–water partition coefficient (Wildman–Crippen LogP) is 2.48. The second-order valence-corrected chi connectivity index (χ2v) is 6.25. The van der Waals surface area contributed by atoms with Crippen LogP contribution in [0.2, 0.25) is 0 Å². The molecule has 0 aliphatic carbocycles. The highest BCUT2D eigenvalue weighted by Gasteiger charge is 2.27. The van der Waals surface area contributed by atoms with E-state index in [2.05, 4.69) is 20.2 Å². The van der Waals surface area contributed by atoms with Crippen LogP contribution in [0.15, 0.2) is 48.8 Å². The van der Waals surface area contributed by atoms with Crippen LogP contribution in [0.3, 0.4) is 0 Å². The largest absolute Gasteiger partial charge is 0.372 e. The smallest absolute Gasteiger partial charge is 0.242 e. The highest BCUT2D eigenvalue weighted by Crippen LogP contribution is 2.18. The van der Waals surface area contributed by atoms with Crippen molar-refractivity contribution in [3.8, 4) is 0 Å². The van der Waals surface area contributed by atoms with E-state index in [1.807, 2.05) is 37.3 Å². The van der Waals surface area contributed by atoms with Gasteiger partial charge in [-0.05, 0) is 44.0 Å². The summed E-state index contributed by atoms with van der Waals surface area (Å²) < 4.78 is 5.95. The summed E-state index contributed by atoms with van der Waals surface area (Å²) in [6, 6.07) is 11.1. The van der Waals surface area contributed by atoms with E-state index in [1.165, 1.54) is 0 Å². The molecule has 6 heteroatoms. The van der Waals surface area contributed by atoms with Gasteiger partial charge in [0.25, 0.3) is 0 Å². The van der Waals surface area contributed by atoms with Crippen molar-refractivity contribution >= 4 is 11.7 Å². The Morgan fingerprint density at radius 1 is 1.20 bits per heavy atom. The first-order chi connectivity index (χ1) is 12.2. The maximum absolute atomic E-state index is 12.4. The Morgan fingerprint density at radius 3 is 2.56 bits per heavy atom. The molecular formula is C19H24N4O2. The number of carbonyl (C=O) groups excluding carboxylic acids is 1. The van der Waals surface area contributed by atoms with Crippen LogP contribution in [0.4, 0.5) is 5.82 Å². The van der Waals surface area contributed by atoms with Gasteiger partial charge in [-0.15, -0.1) is 0 Å². The van der Waals surface area contributed by atoms with Crippen LogP contribution in [0.5, 0.6) is 0 Å². The standard InChI is InChI=1S/C19H24N4O2/c1-15(19(24)22-18-7-3-5-11-21-18)23-12-8-17(9-13-23)25-14-16-6-2-4-10-20-16/h2-7,10-11,15,17H,8-9,12-14H2,1H3,(H,21,22,24). The minimum absolute atomic E-state index is 0.0217. The van der Waals surface area contributed by atoms with Crippen LogP contribution in [0, 0.1) is 0 Å². The number of anilines is 1. The number of rotatable bonds is 6. The number of carbonyl (C=O) groups is 1. The SMILES string of the molecule is CC(C(=O)Nc1ccccn1)N1CCC(OCc2ccccn2)CC1. The van der Waals surface area contributed by atoms with Crippen molar-refractivity contribution in [1.29, 1.82) is 0 Å². The number of nitrogens with one attached hydrogen (secondary N) is 1. The summed E-state index contributed by atoms with van der Waals surface area (Å²) in [5, 5.41) is 2.87. The molecule has 1 aliphatic heterocycles. The van der Waals surface area contributed by atoms with Gasteiger partial charge in [0.2, 0.25) is 5.91 Å². The summed E-state index contributed by atoms with van der Waals surface area (Å²) in [7, 11) is 0. The monoisotopic (exact) mass is 340 g/mol. The summed E-state index contributed by atoms with van der Waals surface area (Å²) in [6.07, 6.45) is 5.53. The van der Waals surface area contributed by atoms with Gasteiger partial charge in [-0.3, -0.25) is 14.7 Å². The van der Waals surface area contributed by atoms with Crippen molar-refractivity contribution in [3.63, 3.8) is 0 Å². The molecule has 1 aliphatic rings. The van der Waals surface area contributed by atoms with E-state index >= 15 is 0 Å². The molecule has 0 bridgehead atoms. The average Bonchev–Trinajstić information content (AvgIpc) is 2.68. The Labute approximate surface area is 148 Å². The van der Waals surface area contributed by atoms with Crippen molar-refractivity contribution in [2.24, 2.45) is 0 Å². The third-order valence-electron chi connectivity index (χ3n) is 4.51. The lowest BCUT2D eigenvalue weighted by molar-refractivity contribution is -0.122. The van der Waals surface area contributed by atoms with Gasteiger partial charge in [-0.1, -0.05) is 12.1 Å². The summed E-state index contributed by atoms with van der Waals surface area (Å²) in [6.45, 7) is 4.18. The Morgan fingerprint density at radius 2 is 1.92 bits per heavy atom. The lowest BCUT2D eigenvalue weighted by atomic mass is 10.1. The van der Waals surface area contributed by atoms with E-state index < -0.39 is 0 Å². The highest BCUT2D eigenvalue weighted by atomic mass is 16.5. The number of pyridine rings is 2. The van der Waals surface area contributed by atoms with Gasteiger partial charge in [0.1, 0.15) is 5.82 Å². The topological polar surface area (TPSA) is 67.4 Å². The lowest BCUT2D eigenvalue weighted by Gasteiger charge is -2.35. The van der Waals surface area contributed by atoms with E-state index in [1.54, 1.807) is 18.5 Å². The number of hydrogen-bond donors (Lipinski definition) is 1. The molecule has 25 heavy (non-hydrogen) atoms. The van der Waals surface area contributed by atoms with Crippen molar-refractivity contribution in [1.82, 2.24) is 14.9 Å². The Balaban J connectivity index is 1.42. The zero-order chi connectivity index (χ0) is 17.5. The van der Waals surface area contributed by atoms with E-state index in [0.29, 0.717) is 12.4 Å². The molecule has 1 fully saturated rings. The number of piperidine rings is 1. The van der Waals surface area contributed by atoms with E-state index in [0.717, 1.165) is 31.6 Å². The first kappa shape index (κ1) is 17.5. The van der Waals surface area contributed by atoms with Gasteiger partial charge in [0, 0.05) is 25.5 Å². The summed E-state index contributed by atoms with van der Waals surface area (Å²) >= 11 is 0. The molecule has 2 aromatic rings. The van der Waals surface area contributed by atoms with Crippen LogP contribution in [0.1, 0.15) is 25.5 Å².